The van der Waals surface area contributed by atoms with Crippen molar-refractivity contribution in [1.29, 1.82) is 0 Å². The Morgan fingerprint density at radius 2 is 1.93 bits per heavy atom. The van der Waals surface area contributed by atoms with E-state index in [-0.39, 0.29) is 0 Å². The van der Waals surface area contributed by atoms with Gasteiger partial charge in [0.1, 0.15) is 0 Å². The molecule has 0 bridgehead atoms. The molecule has 1 saturated heterocycles. The lowest BCUT2D eigenvalue weighted by Gasteiger charge is -2.17. The van der Waals surface area contributed by atoms with Crippen LogP contribution < -0.4 is 5.73 Å². The van der Waals surface area contributed by atoms with E-state index in [4.69, 9.17) is 5.73 Å². The number of nitrogens with zero attached hydrogens (tertiary/aromatic N) is 1. The van der Waals surface area contributed by atoms with Crippen LogP contribution in [0.5, 0.6) is 0 Å². The van der Waals surface area contributed by atoms with Gasteiger partial charge in [-0.2, -0.15) is 0 Å². The second-order valence-corrected chi connectivity index (χ2v) is 5.13. The average Bonchev–Trinajstić information content (AvgIpc) is 2.55. The minimum atomic E-state index is 0.312. The number of likely N-dealkylation sites (tertiary alicyclic amines) is 1. The number of amides is 1. The first-order chi connectivity index (χ1) is 7.04. The lowest BCUT2D eigenvalue weighted by atomic mass is 10.0. The molecule has 2 N–H and O–H groups in total. The fourth-order valence-electron chi connectivity index (χ4n) is 1.98. The van der Waals surface area contributed by atoms with Gasteiger partial charge in [0.25, 0.3) is 0 Å². The molecule has 3 nitrogen and oxygen atoms in total. The Morgan fingerprint density at radius 3 is 2.40 bits per heavy atom. The minimum absolute atomic E-state index is 0.312. The summed E-state index contributed by atoms with van der Waals surface area (Å²) in [5.74, 6) is 2.08. The summed E-state index contributed by atoms with van der Waals surface area (Å²) >= 11 is 0. The Hall–Kier alpha value is -0.570. The van der Waals surface area contributed by atoms with Gasteiger partial charge in [-0.3, -0.25) is 4.79 Å². The quantitative estimate of drug-likeness (QED) is 0.767. The molecule has 1 amide bonds. The minimum Gasteiger partial charge on any atom is -0.342 e. The van der Waals surface area contributed by atoms with E-state index < -0.39 is 0 Å². The first kappa shape index (κ1) is 12.5. The number of nitrogens with two attached hydrogens (primary N) is 1. The van der Waals surface area contributed by atoms with Crippen molar-refractivity contribution in [2.45, 2.75) is 33.6 Å². The van der Waals surface area contributed by atoms with Crippen LogP contribution in [0.1, 0.15) is 33.6 Å². The van der Waals surface area contributed by atoms with Crippen LogP contribution in [0.15, 0.2) is 0 Å². The van der Waals surface area contributed by atoms with Crippen molar-refractivity contribution in [3.05, 3.63) is 0 Å². The van der Waals surface area contributed by atoms with Gasteiger partial charge >= 0.3 is 0 Å². The van der Waals surface area contributed by atoms with Crippen molar-refractivity contribution < 1.29 is 4.79 Å². The molecule has 1 fully saturated rings. The lowest BCUT2D eigenvalue weighted by Crippen LogP contribution is -2.29. The van der Waals surface area contributed by atoms with Crippen LogP contribution in [0.25, 0.3) is 0 Å². The van der Waals surface area contributed by atoms with Gasteiger partial charge in [-0.05, 0) is 30.7 Å². The number of hydrogen-bond donors (Lipinski definition) is 1. The van der Waals surface area contributed by atoms with Crippen LogP contribution in [-0.4, -0.2) is 30.4 Å². The Bertz CT molecular complexity index is 208. The molecule has 0 aromatic carbocycles. The second kappa shape index (κ2) is 5.50. The van der Waals surface area contributed by atoms with E-state index in [2.05, 4.69) is 20.8 Å². The van der Waals surface area contributed by atoms with Gasteiger partial charge in [-0.15, -0.1) is 0 Å². The first-order valence-corrected chi connectivity index (χ1v) is 6.02. The third-order valence-corrected chi connectivity index (χ3v) is 3.59. The van der Waals surface area contributed by atoms with E-state index in [0.717, 1.165) is 19.5 Å². The molecule has 1 heterocycles. The van der Waals surface area contributed by atoms with E-state index in [0.29, 0.717) is 36.6 Å². The van der Waals surface area contributed by atoms with Crippen molar-refractivity contribution in [1.82, 2.24) is 4.90 Å². The second-order valence-electron chi connectivity index (χ2n) is 5.13. The van der Waals surface area contributed by atoms with Crippen molar-refractivity contribution in [2.75, 3.05) is 19.6 Å². The Labute approximate surface area is 93.0 Å². The van der Waals surface area contributed by atoms with E-state index in [9.17, 15) is 4.79 Å². The average molecular weight is 212 g/mol. The molecule has 0 aromatic heterocycles. The van der Waals surface area contributed by atoms with E-state index in [1.165, 1.54) is 0 Å². The van der Waals surface area contributed by atoms with Crippen molar-refractivity contribution in [3.63, 3.8) is 0 Å². The molecule has 0 spiro atoms. The highest BCUT2D eigenvalue weighted by molar-refractivity contribution is 5.76. The highest BCUT2D eigenvalue weighted by Crippen LogP contribution is 2.23. The van der Waals surface area contributed by atoms with Crippen molar-refractivity contribution >= 4 is 5.91 Å². The molecule has 15 heavy (non-hydrogen) atoms. The van der Waals surface area contributed by atoms with E-state index in [1.54, 1.807) is 0 Å². The van der Waals surface area contributed by atoms with Crippen LogP contribution >= 0.6 is 0 Å². The number of carbonyl (C=O) groups excluding carboxylic acids is 1. The van der Waals surface area contributed by atoms with Crippen molar-refractivity contribution in [3.8, 4) is 0 Å². The van der Waals surface area contributed by atoms with Gasteiger partial charge in [-0.25, -0.2) is 0 Å². The predicted molar refractivity (Wildman–Crippen MR) is 62.4 cm³/mol. The van der Waals surface area contributed by atoms with E-state index in [1.807, 2.05) is 4.90 Å². The van der Waals surface area contributed by atoms with E-state index >= 15 is 0 Å². The molecule has 1 aliphatic heterocycles. The van der Waals surface area contributed by atoms with Crippen LogP contribution in [-0.2, 0) is 4.79 Å². The van der Waals surface area contributed by atoms with Crippen LogP contribution in [0.3, 0.4) is 0 Å². The zero-order valence-electron chi connectivity index (χ0n) is 10.2. The zero-order chi connectivity index (χ0) is 11.4. The molecule has 0 aliphatic carbocycles. The summed E-state index contributed by atoms with van der Waals surface area (Å²) in [4.78, 5) is 13.9. The van der Waals surface area contributed by atoms with Crippen LogP contribution in [0.2, 0.25) is 0 Å². The monoisotopic (exact) mass is 212 g/mol. The van der Waals surface area contributed by atoms with Gasteiger partial charge in [0, 0.05) is 19.5 Å². The topological polar surface area (TPSA) is 46.3 Å². The summed E-state index contributed by atoms with van der Waals surface area (Å²) in [6, 6.07) is 0. The molecular formula is C12H24N2O. The highest BCUT2D eigenvalue weighted by atomic mass is 16.2. The Morgan fingerprint density at radius 1 is 1.40 bits per heavy atom. The molecule has 0 saturated carbocycles. The molecule has 3 heteroatoms. The Kier molecular flexibility index (Phi) is 4.58. The fourth-order valence-corrected chi connectivity index (χ4v) is 1.98. The number of hydrogen-bond acceptors (Lipinski definition) is 2. The summed E-state index contributed by atoms with van der Waals surface area (Å²) < 4.78 is 0. The summed E-state index contributed by atoms with van der Waals surface area (Å²) in [6.45, 7) is 9.11. The standard InChI is InChI=1S/C12H24N2O/c1-9(6-13)4-5-12(15)14-7-10(2)11(3)8-14/h9-11H,4-8,13H2,1-3H3. The molecule has 3 atom stereocenters. The Balaban J connectivity index is 2.29. The summed E-state index contributed by atoms with van der Waals surface area (Å²) in [6.07, 6.45) is 1.59. The summed E-state index contributed by atoms with van der Waals surface area (Å²) in [5, 5.41) is 0. The summed E-state index contributed by atoms with van der Waals surface area (Å²) in [5.41, 5.74) is 5.53. The summed E-state index contributed by atoms with van der Waals surface area (Å²) in [7, 11) is 0. The van der Waals surface area contributed by atoms with Crippen molar-refractivity contribution in [2.24, 2.45) is 23.5 Å². The highest BCUT2D eigenvalue weighted by Gasteiger charge is 2.28. The molecule has 88 valence electrons. The van der Waals surface area contributed by atoms with Crippen LogP contribution in [0.4, 0.5) is 0 Å². The molecule has 0 radical (unpaired) electrons. The maximum atomic E-state index is 11.8. The fraction of sp³-hybridized carbons (Fsp3) is 0.917. The normalized spacial score (nSPS) is 28.1. The lowest BCUT2D eigenvalue weighted by molar-refractivity contribution is -0.130. The molecular weight excluding hydrogens is 188 g/mol. The molecule has 0 aromatic rings. The third-order valence-electron chi connectivity index (χ3n) is 3.59. The maximum absolute atomic E-state index is 11.8. The number of carbonyl (C=O) groups is 1. The third kappa shape index (κ3) is 3.49. The molecule has 1 rings (SSSR count). The number of rotatable bonds is 4. The molecule has 1 aliphatic rings. The van der Waals surface area contributed by atoms with Gasteiger partial charge < -0.3 is 10.6 Å². The zero-order valence-corrected chi connectivity index (χ0v) is 10.2. The first-order valence-electron chi connectivity index (χ1n) is 6.02. The smallest absolute Gasteiger partial charge is 0.222 e. The van der Waals surface area contributed by atoms with Gasteiger partial charge in [0.2, 0.25) is 5.91 Å². The van der Waals surface area contributed by atoms with Gasteiger partial charge in [0.05, 0.1) is 0 Å². The van der Waals surface area contributed by atoms with Gasteiger partial charge in [-0.1, -0.05) is 20.8 Å². The maximum Gasteiger partial charge on any atom is 0.222 e. The molecule has 3 unspecified atom stereocenters. The van der Waals surface area contributed by atoms with Gasteiger partial charge in [0.15, 0.2) is 0 Å². The predicted octanol–water partition coefficient (Wildman–Crippen LogP) is 1.48. The largest absolute Gasteiger partial charge is 0.342 e. The SMILES string of the molecule is CC(CN)CCC(=O)N1CC(C)C(C)C1. The van der Waals surface area contributed by atoms with Crippen LogP contribution in [0, 0.1) is 17.8 Å².